The first kappa shape index (κ1) is 19.5. The van der Waals surface area contributed by atoms with Crippen LogP contribution in [0.5, 0.6) is 0 Å². The minimum absolute atomic E-state index is 0. The second kappa shape index (κ2) is 9.64. The molecule has 0 aliphatic rings. The van der Waals surface area contributed by atoms with Gasteiger partial charge >= 0.3 is 0 Å². The van der Waals surface area contributed by atoms with E-state index in [2.05, 4.69) is 59.2 Å². The SMILES string of the molecule is CCC(=O)Nc1ccc(NCc2ccc(-c3ccccc3)cc2)cc1.Cl. The van der Waals surface area contributed by atoms with Crippen LogP contribution >= 0.6 is 12.4 Å². The number of carbonyl (C=O) groups excluding carboxylic acids is 1. The monoisotopic (exact) mass is 366 g/mol. The normalized spacial score (nSPS) is 9.88. The van der Waals surface area contributed by atoms with E-state index in [1.807, 2.05) is 37.3 Å². The van der Waals surface area contributed by atoms with Gasteiger partial charge in [0.25, 0.3) is 0 Å². The molecule has 3 aromatic rings. The number of anilines is 2. The van der Waals surface area contributed by atoms with Gasteiger partial charge in [0, 0.05) is 24.3 Å². The first-order chi connectivity index (χ1) is 12.2. The van der Waals surface area contributed by atoms with Gasteiger partial charge in [0.15, 0.2) is 0 Å². The predicted octanol–water partition coefficient (Wildman–Crippen LogP) is 5.74. The van der Waals surface area contributed by atoms with Crippen LogP contribution in [-0.4, -0.2) is 5.91 Å². The molecule has 0 aliphatic carbocycles. The number of amides is 1. The van der Waals surface area contributed by atoms with Crippen LogP contribution in [0, 0.1) is 0 Å². The Hall–Kier alpha value is -2.78. The minimum Gasteiger partial charge on any atom is -0.381 e. The van der Waals surface area contributed by atoms with E-state index >= 15 is 0 Å². The fourth-order valence-electron chi connectivity index (χ4n) is 2.57. The Morgan fingerprint density at radius 2 is 1.35 bits per heavy atom. The maximum absolute atomic E-state index is 11.4. The number of hydrogen-bond acceptors (Lipinski definition) is 2. The third kappa shape index (κ3) is 5.36. The molecule has 0 saturated heterocycles. The Morgan fingerprint density at radius 1 is 0.769 bits per heavy atom. The fourth-order valence-corrected chi connectivity index (χ4v) is 2.57. The molecule has 0 bridgehead atoms. The molecule has 0 radical (unpaired) electrons. The third-order valence-electron chi connectivity index (χ3n) is 4.05. The molecule has 134 valence electrons. The summed E-state index contributed by atoms with van der Waals surface area (Å²) in [7, 11) is 0. The van der Waals surface area contributed by atoms with E-state index in [-0.39, 0.29) is 18.3 Å². The van der Waals surface area contributed by atoms with Crippen molar-refractivity contribution >= 4 is 29.7 Å². The van der Waals surface area contributed by atoms with Crippen LogP contribution < -0.4 is 10.6 Å². The van der Waals surface area contributed by atoms with Gasteiger partial charge in [0.1, 0.15) is 0 Å². The van der Waals surface area contributed by atoms with E-state index in [4.69, 9.17) is 0 Å². The Morgan fingerprint density at radius 3 is 1.96 bits per heavy atom. The highest BCUT2D eigenvalue weighted by Gasteiger charge is 2.00. The zero-order valence-electron chi connectivity index (χ0n) is 14.7. The van der Waals surface area contributed by atoms with Crippen LogP contribution in [0.4, 0.5) is 11.4 Å². The van der Waals surface area contributed by atoms with E-state index in [9.17, 15) is 4.79 Å². The first-order valence-electron chi connectivity index (χ1n) is 8.53. The summed E-state index contributed by atoms with van der Waals surface area (Å²) in [6, 6.07) is 26.7. The fraction of sp³-hybridized carbons (Fsp3) is 0.136. The minimum atomic E-state index is 0. The lowest BCUT2D eigenvalue weighted by molar-refractivity contribution is -0.115. The van der Waals surface area contributed by atoms with Gasteiger partial charge in [-0.15, -0.1) is 12.4 Å². The molecule has 0 fully saturated rings. The van der Waals surface area contributed by atoms with Crippen molar-refractivity contribution < 1.29 is 4.79 Å². The summed E-state index contributed by atoms with van der Waals surface area (Å²) in [6.07, 6.45) is 0.485. The number of nitrogens with one attached hydrogen (secondary N) is 2. The van der Waals surface area contributed by atoms with Crippen molar-refractivity contribution in [1.29, 1.82) is 0 Å². The van der Waals surface area contributed by atoms with Crippen molar-refractivity contribution in [2.24, 2.45) is 0 Å². The van der Waals surface area contributed by atoms with Gasteiger partial charge in [0.2, 0.25) is 5.91 Å². The average Bonchev–Trinajstić information content (AvgIpc) is 2.68. The highest BCUT2D eigenvalue weighted by Crippen LogP contribution is 2.20. The summed E-state index contributed by atoms with van der Waals surface area (Å²) in [5, 5.41) is 6.25. The second-order valence-electron chi connectivity index (χ2n) is 5.90. The van der Waals surface area contributed by atoms with Gasteiger partial charge in [-0.25, -0.2) is 0 Å². The van der Waals surface area contributed by atoms with Gasteiger partial charge in [-0.3, -0.25) is 4.79 Å². The molecule has 0 saturated carbocycles. The van der Waals surface area contributed by atoms with Crippen molar-refractivity contribution in [3.8, 4) is 11.1 Å². The van der Waals surface area contributed by atoms with Gasteiger partial charge < -0.3 is 10.6 Å². The van der Waals surface area contributed by atoms with Crippen LogP contribution in [0.15, 0.2) is 78.9 Å². The summed E-state index contributed by atoms with van der Waals surface area (Å²) in [4.78, 5) is 11.4. The largest absolute Gasteiger partial charge is 0.381 e. The van der Waals surface area contributed by atoms with E-state index in [1.165, 1.54) is 16.7 Å². The molecule has 0 aliphatic heterocycles. The highest BCUT2D eigenvalue weighted by molar-refractivity contribution is 5.90. The quantitative estimate of drug-likeness (QED) is 0.584. The molecule has 3 rings (SSSR count). The Bertz CT molecular complexity index is 815. The Labute approximate surface area is 160 Å². The lowest BCUT2D eigenvalue weighted by Gasteiger charge is -2.09. The van der Waals surface area contributed by atoms with E-state index in [0.717, 1.165) is 17.9 Å². The van der Waals surface area contributed by atoms with Crippen LogP contribution in [0.3, 0.4) is 0 Å². The van der Waals surface area contributed by atoms with Crippen LogP contribution in [0.25, 0.3) is 11.1 Å². The summed E-state index contributed by atoms with van der Waals surface area (Å²) in [5.41, 5.74) is 5.53. The molecule has 0 heterocycles. The summed E-state index contributed by atoms with van der Waals surface area (Å²) in [5.74, 6) is 0.0271. The van der Waals surface area contributed by atoms with Gasteiger partial charge in [-0.1, -0.05) is 61.5 Å². The molecular formula is C22H23ClN2O. The zero-order valence-corrected chi connectivity index (χ0v) is 15.6. The maximum atomic E-state index is 11.4. The topological polar surface area (TPSA) is 41.1 Å². The second-order valence-corrected chi connectivity index (χ2v) is 5.90. The molecule has 0 atom stereocenters. The summed E-state index contributed by atoms with van der Waals surface area (Å²) in [6.45, 7) is 2.60. The van der Waals surface area contributed by atoms with Gasteiger partial charge in [-0.2, -0.15) is 0 Å². The number of halogens is 1. The number of benzene rings is 3. The Balaban J connectivity index is 0.00000243. The van der Waals surface area contributed by atoms with E-state index in [0.29, 0.717) is 6.42 Å². The number of rotatable bonds is 6. The standard InChI is InChI=1S/C22H22N2O.ClH/c1-2-22(25)24-21-14-12-20(13-15-21)23-16-17-8-10-19(11-9-17)18-6-4-3-5-7-18;/h3-15,23H,2,16H2,1H3,(H,24,25);1H. The number of hydrogen-bond donors (Lipinski definition) is 2. The Kier molecular flexibility index (Phi) is 7.24. The van der Waals surface area contributed by atoms with E-state index < -0.39 is 0 Å². The predicted molar refractivity (Wildman–Crippen MR) is 112 cm³/mol. The molecular weight excluding hydrogens is 344 g/mol. The number of carbonyl (C=O) groups is 1. The molecule has 1 amide bonds. The van der Waals surface area contributed by atoms with Crippen molar-refractivity contribution in [3.63, 3.8) is 0 Å². The first-order valence-corrected chi connectivity index (χ1v) is 8.53. The van der Waals surface area contributed by atoms with Crippen LogP contribution in [0.2, 0.25) is 0 Å². The summed E-state index contributed by atoms with van der Waals surface area (Å²) >= 11 is 0. The van der Waals surface area contributed by atoms with Crippen LogP contribution in [0.1, 0.15) is 18.9 Å². The van der Waals surface area contributed by atoms with Crippen LogP contribution in [-0.2, 0) is 11.3 Å². The van der Waals surface area contributed by atoms with Gasteiger partial charge in [0.05, 0.1) is 0 Å². The van der Waals surface area contributed by atoms with Crippen molar-refractivity contribution in [2.75, 3.05) is 10.6 Å². The van der Waals surface area contributed by atoms with Crippen molar-refractivity contribution in [2.45, 2.75) is 19.9 Å². The third-order valence-corrected chi connectivity index (χ3v) is 4.05. The molecule has 0 spiro atoms. The molecule has 0 aromatic heterocycles. The smallest absolute Gasteiger partial charge is 0.224 e. The van der Waals surface area contributed by atoms with E-state index in [1.54, 1.807) is 0 Å². The van der Waals surface area contributed by atoms with Crippen molar-refractivity contribution in [1.82, 2.24) is 0 Å². The molecule has 3 aromatic carbocycles. The average molecular weight is 367 g/mol. The summed E-state index contributed by atoms with van der Waals surface area (Å²) < 4.78 is 0. The molecule has 2 N–H and O–H groups in total. The molecule has 4 heteroatoms. The molecule has 0 unspecified atom stereocenters. The van der Waals surface area contributed by atoms with Gasteiger partial charge in [-0.05, 0) is 41.0 Å². The lowest BCUT2D eigenvalue weighted by Crippen LogP contribution is -2.09. The maximum Gasteiger partial charge on any atom is 0.224 e. The molecule has 26 heavy (non-hydrogen) atoms. The molecule has 3 nitrogen and oxygen atoms in total. The lowest BCUT2D eigenvalue weighted by atomic mass is 10.0. The zero-order chi connectivity index (χ0) is 17.5. The van der Waals surface area contributed by atoms with Crippen molar-refractivity contribution in [3.05, 3.63) is 84.4 Å². The highest BCUT2D eigenvalue weighted by atomic mass is 35.5.